The van der Waals surface area contributed by atoms with E-state index in [4.69, 9.17) is 0 Å². The molecule has 2 aromatic rings. The third-order valence-corrected chi connectivity index (χ3v) is 3.07. The fourth-order valence-corrected chi connectivity index (χ4v) is 1.95. The number of halogens is 1. The summed E-state index contributed by atoms with van der Waals surface area (Å²) in [4.78, 5) is 0. The Morgan fingerprint density at radius 3 is 2.58 bits per heavy atom. The van der Waals surface area contributed by atoms with E-state index in [1.807, 2.05) is 23.9 Å². The summed E-state index contributed by atoms with van der Waals surface area (Å²) in [5, 5.41) is 11.7. The summed E-state index contributed by atoms with van der Waals surface area (Å²) in [6.45, 7) is 7.05. The second kappa shape index (κ2) is 5.52. The molecule has 5 nitrogen and oxygen atoms in total. The van der Waals surface area contributed by atoms with Crippen LogP contribution < -0.4 is 5.32 Å². The SMILES string of the molecule is Cc1nn(C)c(F)c1CNCc1ccn(C(C)C)n1. The molecule has 0 aliphatic rings. The Balaban J connectivity index is 1.92. The summed E-state index contributed by atoms with van der Waals surface area (Å²) in [6, 6.07) is 2.33. The highest BCUT2D eigenvalue weighted by Gasteiger charge is 2.12. The number of hydrogen-bond donors (Lipinski definition) is 1. The lowest BCUT2D eigenvalue weighted by molar-refractivity contribution is 0.488. The number of aryl methyl sites for hydroxylation is 2. The van der Waals surface area contributed by atoms with Gasteiger partial charge < -0.3 is 5.32 Å². The summed E-state index contributed by atoms with van der Waals surface area (Å²) in [6.07, 6.45) is 1.96. The Labute approximate surface area is 112 Å². The third kappa shape index (κ3) is 3.01. The Morgan fingerprint density at radius 1 is 1.32 bits per heavy atom. The van der Waals surface area contributed by atoms with Gasteiger partial charge in [0.15, 0.2) is 0 Å². The van der Waals surface area contributed by atoms with Crippen LogP contribution >= 0.6 is 0 Å². The van der Waals surface area contributed by atoms with Crippen LogP contribution in [0, 0.1) is 12.9 Å². The fourth-order valence-electron chi connectivity index (χ4n) is 1.95. The van der Waals surface area contributed by atoms with E-state index < -0.39 is 0 Å². The largest absolute Gasteiger partial charge is 0.307 e. The second-order valence-electron chi connectivity index (χ2n) is 4.96. The minimum absolute atomic E-state index is 0.280. The van der Waals surface area contributed by atoms with Gasteiger partial charge in [-0.15, -0.1) is 0 Å². The molecule has 1 N–H and O–H groups in total. The molecule has 0 radical (unpaired) electrons. The third-order valence-electron chi connectivity index (χ3n) is 3.07. The van der Waals surface area contributed by atoms with Crippen LogP contribution in [0.3, 0.4) is 0 Å². The lowest BCUT2D eigenvalue weighted by Gasteiger charge is -2.04. The van der Waals surface area contributed by atoms with Crippen molar-refractivity contribution in [1.29, 1.82) is 0 Å². The van der Waals surface area contributed by atoms with E-state index in [9.17, 15) is 4.39 Å². The maximum absolute atomic E-state index is 13.7. The fraction of sp³-hybridized carbons (Fsp3) is 0.538. The van der Waals surface area contributed by atoms with Crippen molar-refractivity contribution in [3.05, 3.63) is 35.2 Å². The second-order valence-corrected chi connectivity index (χ2v) is 4.96. The minimum atomic E-state index is -0.280. The minimum Gasteiger partial charge on any atom is -0.307 e. The van der Waals surface area contributed by atoms with Crippen molar-refractivity contribution in [3.8, 4) is 0 Å². The molecule has 6 heteroatoms. The standard InChI is InChI=1S/C13H20FN5/c1-9(2)19-6-5-11(17-19)7-15-8-12-10(3)16-18(4)13(12)14/h5-6,9,15H,7-8H2,1-4H3. The van der Waals surface area contributed by atoms with Gasteiger partial charge in [-0.1, -0.05) is 0 Å². The van der Waals surface area contributed by atoms with E-state index in [0.717, 1.165) is 11.4 Å². The summed E-state index contributed by atoms with van der Waals surface area (Å²) in [7, 11) is 1.61. The van der Waals surface area contributed by atoms with Crippen LogP contribution in [0.5, 0.6) is 0 Å². The number of nitrogens with zero attached hydrogens (tertiary/aromatic N) is 4. The number of nitrogens with one attached hydrogen (secondary N) is 1. The van der Waals surface area contributed by atoms with E-state index in [-0.39, 0.29) is 5.95 Å². The highest BCUT2D eigenvalue weighted by Crippen LogP contribution is 2.11. The molecule has 0 atom stereocenters. The Hall–Kier alpha value is -1.69. The zero-order chi connectivity index (χ0) is 14.0. The molecular weight excluding hydrogens is 245 g/mol. The smallest absolute Gasteiger partial charge is 0.215 e. The van der Waals surface area contributed by atoms with Gasteiger partial charge in [-0.05, 0) is 26.8 Å². The molecule has 2 heterocycles. The Kier molecular flexibility index (Phi) is 3.99. The van der Waals surface area contributed by atoms with Gasteiger partial charge in [0.05, 0.1) is 11.4 Å². The molecule has 0 spiro atoms. The van der Waals surface area contributed by atoms with Crippen molar-refractivity contribution in [2.45, 2.75) is 39.9 Å². The molecule has 0 saturated heterocycles. The zero-order valence-electron chi connectivity index (χ0n) is 11.8. The van der Waals surface area contributed by atoms with E-state index in [1.54, 1.807) is 7.05 Å². The maximum Gasteiger partial charge on any atom is 0.215 e. The van der Waals surface area contributed by atoms with E-state index in [0.29, 0.717) is 24.7 Å². The van der Waals surface area contributed by atoms with Gasteiger partial charge in [-0.3, -0.25) is 4.68 Å². The van der Waals surface area contributed by atoms with Gasteiger partial charge >= 0.3 is 0 Å². The molecule has 0 bridgehead atoms. The predicted octanol–water partition coefficient (Wildman–Crippen LogP) is 1.93. The van der Waals surface area contributed by atoms with Crippen LogP contribution in [0.1, 0.15) is 36.8 Å². The highest BCUT2D eigenvalue weighted by molar-refractivity contribution is 5.17. The van der Waals surface area contributed by atoms with E-state index >= 15 is 0 Å². The van der Waals surface area contributed by atoms with Gasteiger partial charge in [0.2, 0.25) is 5.95 Å². The molecule has 2 aromatic heterocycles. The summed E-state index contributed by atoms with van der Waals surface area (Å²) in [5.74, 6) is -0.280. The quantitative estimate of drug-likeness (QED) is 0.898. The first-order valence-corrected chi connectivity index (χ1v) is 6.41. The number of hydrogen-bond acceptors (Lipinski definition) is 3. The van der Waals surface area contributed by atoms with Crippen LogP contribution in [0.2, 0.25) is 0 Å². The van der Waals surface area contributed by atoms with Crippen molar-refractivity contribution in [2.24, 2.45) is 7.05 Å². The first kappa shape index (κ1) is 13.7. The molecule has 0 aliphatic heterocycles. The van der Waals surface area contributed by atoms with Crippen molar-refractivity contribution >= 4 is 0 Å². The van der Waals surface area contributed by atoms with Crippen molar-refractivity contribution < 1.29 is 4.39 Å². The first-order valence-electron chi connectivity index (χ1n) is 6.41. The van der Waals surface area contributed by atoms with Crippen molar-refractivity contribution in [1.82, 2.24) is 24.9 Å². The molecule has 104 valence electrons. The first-order chi connectivity index (χ1) is 8.99. The van der Waals surface area contributed by atoms with E-state index in [1.165, 1.54) is 4.68 Å². The topological polar surface area (TPSA) is 47.7 Å². The summed E-state index contributed by atoms with van der Waals surface area (Å²) < 4.78 is 16.9. The van der Waals surface area contributed by atoms with E-state index in [2.05, 4.69) is 29.4 Å². The number of rotatable bonds is 5. The zero-order valence-corrected chi connectivity index (χ0v) is 11.8. The molecular formula is C13H20FN5. The van der Waals surface area contributed by atoms with Gasteiger partial charge in [0.1, 0.15) is 0 Å². The molecule has 0 amide bonds. The molecule has 0 unspecified atom stereocenters. The molecule has 0 aliphatic carbocycles. The molecule has 2 rings (SSSR count). The highest BCUT2D eigenvalue weighted by atomic mass is 19.1. The van der Waals surface area contributed by atoms with Gasteiger partial charge in [-0.2, -0.15) is 14.6 Å². The van der Waals surface area contributed by atoms with Crippen molar-refractivity contribution in [3.63, 3.8) is 0 Å². The normalized spacial score (nSPS) is 11.5. The summed E-state index contributed by atoms with van der Waals surface area (Å²) >= 11 is 0. The molecule has 0 fully saturated rings. The van der Waals surface area contributed by atoms with Crippen LogP contribution in [0.15, 0.2) is 12.3 Å². The monoisotopic (exact) mass is 265 g/mol. The summed E-state index contributed by atoms with van der Waals surface area (Å²) in [5.41, 5.74) is 2.29. The van der Waals surface area contributed by atoms with Crippen LogP contribution in [0.25, 0.3) is 0 Å². The Bertz CT molecular complexity index is 555. The van der Waals surface area contributed by atoms with Gasteiger partial charge in [0.25, 0.3) is 0 Å². The lowest BCUT2D eigenvalue weighted by atomic mass is 10.2. The maximum atomic E-state index is 13.7. The van der Waals surface area contributed by atoms with Gasteiger partial charge in [0, 0.05) is 37.9 Å². The molecule has 0 aromatic carbocycles. The Morgan fingerprint density at radius 2 is 2.05 bits per heavy atom. The average Bonchev–Trinajstić information content (AvgIpc) is 2.90. The van der Waals surface area contributed by atoms with Gasteiger partial charge in [-0.25, -0.2) is 4.68 Å². The van der Waals surface area contributed by atoms with Crippen molar-refractivity contribution in [2.75, 3.05) is 0 Å². The molecule has 0 saturated carbocycles. The van der Waals surface area contributed by atoms with Crippen LogP contribution in [-0.2, 0) is 20.1 Å². The lowest BCUT2D eigenvalue weighted by Crippen LogP contribution is -2.15. The van der Waals surface area contributed by atoms with Crippen LogP contribution in [0.4, 0.5) is 4.39 Å². The molecule has 19 heavy (non-hydrogen) atoms. The average molecular weight is 265 g/mol. The van der Waals surface area contributed by atoms with Crippen LogP contribution in [-0.4, -0.2) is 19.6 Å². The predicted molar refractivity (Wildman–Crippen MR) is 71.1 cm³/mol. The number of aromatic nitrogens is 4.